The van der Waals surface area contributed by atoms with Crippen LogP contribution in [0.5, 0.6) is 5.88 Å². The topological polar surface area (TPSA) is 77.2 Å². The Labute approximate surface area is 132 Å². The molecule has 0 aliphatic heterocycles. The molecule has 2 heterocycles. The SMILES string of the molecule is O=C(O)c1ccc(-n2ccc(OC3C[C@@H]3C(F)(F)F)n2)nc1Cl. The Morgan fingerprint density at radius 1 is 1.39 bits per heavy atom. The van der Waals surface area contributed by atoms with Gasteiger partial charge in [-0.25, -0.2) is 14.5 Å². The zero-order valence-electron chi connectivity index (χ0n) is 11.3. The average molecular weight is 348 g/mol. The Bertz CT molecular complexity index is 762. The Balaban J connectivity index is 1.73. The molecule has 0 radical (unpaired) electrons. The van der Waals surface area contributed by atoms with Crippen LogP contribution in [-0.2, 0) is 0 Å². The van der Waals surface area contributed by atoms with E-state index in [-0.39, 0.29) is 28.8 Å². The van der Waals surface area contributed by atoms with Gasteiger partial charge >= 0.3 is 12.1 Å². The van der Waals surface area contributed by atoms with Crippen molar-refractivity contribution in [3.05, 3.63) is 35.1 Å². The second-order valence-electron chi connectivity index (χ2n) is 4.95. The maximum Gasteiger partial charge on any atom is 0.395 e. The molecular formula is C13H9ClF3N3O3. The van der Waals surface area contributed by atoms with Crippen molar-refractivity contribution < 1.29 is 27.8 Å². The molecular weight excluding hydrogens is 339 g/mol. The van der Waals surface area contributed by atoms with Crippen molar-refractivity contribution in [1.29, 1.82) is 0 Å². The maximum atomic E-state index is 12.4. The second-order valence-corrected chi connectivity index (χ2v) is 5.31. The van der Waals surface area contributed by atoms with Crippen molar-refractivity contribution in [1.82, 2.24) is 14.8 Å². The lowest BCUT2D eigenvalue weighted by Gasteiger charge is -2.06. The monoisotopic (exact) mass is 347 g/mol. The van der Waals surface area contributed by atoms with E-state index in [1.807, 2.05) is 0 Å². The Kier molecular flexibility index (Phi) is 3.67. The number of ether oxygens (including phenoxy) is 1. The summed E-state index contributed by atoms with van der Waals surface area (Å²) in [5.74, 6) is -2.43. The quantitative estimate of drug-likeness (QED) is 0.860. The molecule has 0 saturated heterocycles. The third-order valence-corrected chi connectivity index (χ3v) is 3.58. The fourth-order valence-electron chi connectivity index (χ4n) is 2.01. The van der Waals surface area contributed by atoms with Crippen molar-refractivity contribution >= 4 is 17.6 Å². The minimum absolute atomic E-state index is 0.0296. The number of carbonyl (C=O) groups is 1. The molecule has 1 N–H and O–H groups in total. The van der Waals surface area contributed by atoms with E-state index in [0.29, 0.717) is 0 Å². The molecule has 0 bridgehead atoms. The highest BCUT2D eigenvalue weighted by Crippen LogP contribution is 2.46. The Morgan fingerprint density at radius 2 is 2.13 bits per heavy atom. The number of hydrogen-bond acceptors (Lipinski definition) is 4. The third-order valence-electron chi connectivity index (χ3n) is 3.29. The van der Waals surface area contributed by atoms with Gasteiger partial charge in [0.2, 0.25) is 5.88 Å². The van der Waals surface area contributed by atoms with Crippen LogP contribution in [0.3, 0.4) is 0 Å². The van der Waals surface area contributed by atoms with Gasteiger partial charge in [0, 0.05) is 12.3 Å². The zero-order valence-corrected chi connectivity index (χ0v) is 12.0. The number of rotatable bonds is 4. The van der Waals surface area contributed by atoms with E-state index >= 15 is 0 Å². The van der Waals surface area contributed by atoms with E-state index in [2.05, 4.69) is 10.1 Å². The largest absolute Gasteiger partial charge is 0.478 e. The molecule has 1 fully saturated rings. The predicted octanol–water partition coefficient (Wildman–Crippen LogP) is 2.95. The number of alkyl halides is 3. The van der Waals surface area contributed by atoms with E-state index in [1.54, 1.807) is 0 Å². The summed E-state index contributed by atoms with van der Waals surface area (Å²) < 4.78 is 43.7. The fourth-order valence-corrected chi connectivity index (χ4v) is 2.24. The summed E-state index contributed by atoms with van der Waals surface area (Å²) in [4.78, 5) is 14.7. The van der Waals surface area contributed by atoms with E-state index in [4.69, 9.17) is 21.4 Å². The molecule has 2 aromatic rings. The summed E-state index contributed by atoms with van der Waals surface area (Å²) in [6.07, 6.45) is -3.86. The Morgan fingerprint density at radius 3 is 2.70 bits per heavy atom. The van der Waals surface area contributed by atoms with Crippen molar-refractivity contribution in [3.8, 4) is 11.7 Å². The van der Waals surface area contributed by atoms with Gasteiger partial charge in [-0.15, -0.1) is 5.10 Å². The van der Waals surface area contributed by atoms with Gasteiger partial charge in [-0.1, -0.05) is 11.6 Å². The summed E-state index contributed by atoms with van der Waals surface area (Å²) in [7, 11) is 0. The van der Waals surface area contributed by atoms with Gasteiger partial charge in [-0.2, -0.15) is 13.2 Å². The number of halogens is 4. The van der Waals surface area contributed by atoms with Crippen LogP contribution in [0.25, 0.3) is 5.82 Å². The highest BCUT2D eigenvalue weighted by atomic mass is 35.5. The summed E-state index contributed by atoms with van der Waals surface area (Å²) in [6, 6.07) is 4.03. The normalized spacial score (nSPS) is 20.3. The molecule has 1 aliphatic rings. The number of nitrogens with zero attached hydrogens (tertiary/aromatic N) is 3. The minimum Gasteiger partial charge on any atom is -0.478 e. The number of carboxylic acid groups (broad SMARTS) is 1. The van der Waals surface area contributed by atoms with E-state index in [1.165, 1.54) is 29.1 Å². The van der Waals surface area contributed by atoms with Crippen LogP contribution in [0.4, 0.5) is 13.2 Å². The number of hydrogen-bond donors (Lipinski definition) is 1. The first-order valence-electron chi connectivity index (χ1n) is 6.45. The standard InChI is InChI=1S/C13H9ClF3N3O3/c14-11-6(12(21)22)1-2-9(18-11)20-4-3-10(19-20)23-8-5-7(8)13(15,16)17/h1-4,7-8H,5H2,(H,21,22)/t7-,8?/m0/s1. The van der Waals surface area contributed by atoms with E-state index in [9.17, 15) is 18.0 Å². The first kappa shape index (κ1) is 15.6. The minimum atomic E-state index is -4.27. The number of carboxylic acids is 1. The lowest BCUT2D eigenvalue weighted by Crippen LogP contribution is -2.16. The first-order chi connectivity index (χ1) is 10.8. The van der Waals surface area contributed by atoms with Crippen LogP contribution in [0.15, 0.2) is 24.4 Å². The van der Waals surface area contributed by atoms with Crippen LogP contribution < -0.4 is 4.74 Å². The van der Waals surface area contributed by atoms with Gasteiger partial charge in [0.15, 0.2) is 5.82 Å². The molecule has 3 rings (SSSR count). The van der Waals surface area contributed by atoms with Crippen LogP contribution >= 0.6 is 11.6 Å². The van der Waals surface area contributed by atoms with Crippen LogP contribution in [0.1, 0.15) is 16.8 Å². The molecule has 0 amide bonds. The zero-order chi connectivity index (χ0) is 16.8. The highest BCUT2D eigenvalue weighted by molar-refractivity contribution is 6.32. The summed E-state index contributed by atoms with van der Waals surface area (Å²) in [5, 5.41) is 12.6. The fraction of sp³-hybridized carbons (Fsp3) is 0.308. The highest BCUT2D eigenvalue weighted by Gasteiger charge is 2.57. The number of aromatic nitrogens is 3. The number of aromatic carboxylic acids is 1. The lowest BCUT2D eigenvalue weighted by atomic mass is 10.3. The molecule has 2 aromatic heterocycles. The van der Waals surface area contributed by atoms with Gasteiger partial charge in [0.25, 0.3) is 0 Å². The van der Waals surface area contributed by atoms with E-state index < -0.39 is 24.2 Å². The molecule has 122 valence electrons. The molecule has 10 heteroatoms. The van der Waals surface area contributed by atoms with Gasteiger partial charge in [0.05, 0.1) is 11.5 Å². The molecule has 1 aliphatic carbocycles. The van der Waals surface area contributed by atoms with Crippen LogP contribution in [0, 0.1) is 5.92 Å². The maximum absolute atomic E-state index is 12.4. The molecule has 23 heavy (non-hydrogen) atoms. The molecule has 0 spiro atoms. The van der Waals surface area contributed by atoms with Crippen molar-refractivity contribution in [2.75, 3.05) is 0 Å². The third kappa shape index (κ3) is 3.24. The molecule has 1 unspecified atom stereocenters. The molecule has 0 aromatic carbocycles. The van der Waals surface area contributed by atoms with Gasteiger partial charge < -0.3 is 9.84 Å². The summed E-state index contributed by atoms with van der Waals surface area (Å²) >= 11 is 5.76. The molecule has 1 saturated carbocycles. The predicted molar refractivity (Wildman–Crippen MR) is 71.9 cm³/mol. The summed E-state index contributed by atoms with van der Waals surface area (Å²) in [5.41, 5.74) is -0.162. The first-order valence-corrected chi connectivity index (χ1v) is 6.83. The second kappa shape index (κ2) is 5.41. The lowest BCUT2D eigenvalue weighted by molar-refractivity contribution is -0.153. The molecule has 2 atom stereocenters. The average Bonchev–Trinajstić information content (AvgIpc) is 3.07. The van der Waals surface area contributed by atoms with Crippen molar-refractivity contribution in [3.63, 3.8) is 0 Å². The van der Waals surface area contributed by atoms with Crippen LogP contribution in [0.2, 0.25) is 5.15 Å². The smallest absolute Gasteiger partial charge is 0.395 e. The van der Waals surface area contributed by atoms with Gasteiger partial charge in [-0.05, 0) is 18.6 Å². The van der Waals surface area contributed by atoms with Crippen molar-refractivity contribution in [2.24, 2.45) is 5.92 Å². The van der Waals surface area contributed by atoms with Crippen molar-refractivity contribution in [2.45, 2.75) is 18.7 Å². The summed E-state index contributed by atoms with van der Waals surface area (Å²) in [6.45, 7) is 0. The van der Waals surface area contributed by atoms with Gasteiger partial charge in [0.1, 0.15) is 11.3 Å². The van der Waals surface area contributed by atoms with Crippen LogP contribution in [-0.4, -0.2) is 38.1 Å². The molecule has 6 nitrogen and oxygen atoms in total. The van der Waals surface area contributed by atoms with Gasteiger partial charge in [-0.3, -0.25) is 0 Å². The number of pyridine rings is 1. The van der Waals surface area contributed by atoms with E-state index in [0.717, 1.165) is 0 Å². The Hall–Kier alpha value is -2.29.